The Morgan fingerprint density at radius 1 is 1.30 bits per heavy atom. The molecule has 1 aromatic carbocycles. The number of nitrogens with two attached hydrogens (primary N) is 1. The third-order valence-electron chi connectivity index (χ3n) is 3.07. The summed E-state index contributed by atoms with van der Waals surface area (Å²) in [7, 11) is 0. The highest BCUT2D eigenvalue weighted by Crippen LogP contribution is 2.19. The first-order chi connectivity index (χ1) is 9.70. The van der Waals surface area contributed by atoms with Gasteiger partial charge in [0.05, 0.1) is 12.5 Å². The number of carbonyl (C=O) groups is 1. The van der Waals surface area contributed by atoms with Crippen LogP contribution in [-0.4, -0.2) is 15.9 Å². The number of carbonyl (C=O) groups excluding carboxylic acids is 1. The fourth-order valence-electron chi connectivity index (χ4n) is 2.05. The molecule has 0 fully saturated rings. The summed E-state index contributed by atoms with van der Waals surface area (Å²) in [6.07, 6.45) is 2.33. The van der Waals surface area contributed by atoms with Crippen molar-refractivity contribution in [3.8, 4) is 0 Å². The summed E-state index contributed by atoms with van der Waals surface area (Å²) < 4.78 is 0. The molecule has 0 aliphatic carbocycles. The second kappa shape index (κ2) is 6.65. The Labute approximate surface area is 118 Å². The Balaban J connectivity index is 2.00. The number of hydrogen-bond donors (Lipinski definition) is 2. The van der Waals surface area contributed by atoms with Crippen LogP contribution in [0, 0.1) is 0 Å². The van der Waals surface area contributed by atoms with Crippen LogP contribution in [0.15, 0.2) is 42.6 Å². The maximum Gasteiger partial charge on any atom is 0.227 e. The minimum Gasteiger partial charge on any atom is -0.384 e. The Hall–Kier alpha value is -2.43. The van der Waals surface area contributed by atoms with Crippen LogP contribution in [0.2, 0.25) is 0 Å². The molecule has 104 valence electrons. The van der Waals surface area contributed by atoms with E-state index in [1.165, 1.54) is 0 Å². The first kappa shape index (κ1) is 14.0. The number of anilines is 1. The maximum absolute atomic E-state index is 12.2. The van der Waals surface area contributed by atoms with E-state index in [2.05, 4.69) is 15.3 Å². The van der Waals surface area contributed by atoms with Crippen LogP contribution in [0.3, 0.4) is 0 Å². The molecule has 0 bridgehead atoms. The van der Waals surface area contributed by atoms with E-state index in [0.29, 0.717) is 11.6 Å². The van der Waals surface area contributed by atoms with E-state index >= 15 is 0 Å². The van der Waals surface area contributed by atoms with Crippen molar-refractivity contribution >= 4 is 11.7 Å². The van der Waals surface area contributed by atoms with Crippen molar-refractivity contribution in [2.24, 2.45) is 0 Å². The standard InChI is InChI=1S/C15H18N4O/c1-2-12(11-6-4-3-5-7-11)15(20)18-10-14-17-9-8-13(16)19-14/h3-9,12H,2,10H2,1H3,(H,18,20)(H2,16,17,19)/t12-/m0/s1. The molecule has 0 unspecified atom stereocenters. The molecule has 0 saturated carbocycles. The molecule has 1 aromatic heterocycles. The number of nitrogens with zero attached hydrogens (tertiary/aromatic N) is 2. The third-order valence-corrected chi connectivity index (χ3v) is 3.07. The molecule has 2 rings (SSSR count). The Kier molecular flexibility index (Phi) is 4.65. The summed E-state index contributed by atoms with van der Waals surface area (Å²) >= 11 is 0. The van der Waals surface area contributed by atoms with Gasteiger partial charge in [0.15, 0.2) is 0 Å². The number of nitrogens with one attached hydrogen (secondary N) is 1. The lowest BCUT2D eigenvalue weighted by atomic mass is 9.96. The van der Waals surface area contributed by atoms with Crippen molar-refractivity contribution in [2.75, 3.05) is 5.73 Å². The summed E-state index contributed by atoms with van der Waals surface area (Å²) in [6, 6.07) is 11.4. The van der Waals surface area contributed by atoms with E-state index in [1.807, 2.05) is 37.3 Å². The van der Waals surface area contributed by atoms with Crippen molar-refractivity contribution in [3.05, 3.63) is 54.0 Å². The van der Waals surface area contributed by atoms with Crippen molar-refractivity contribution in [3.63, 3.8) is 0 Å². The summed E-state index contributed by atoms with van der Waals surface area (Å²) in [5, 5.41) is 2.86. The van der Waals surface area contributed by atoms with Crippen LogP contribution in [-0.2, 0) is 11.3 Å². The highest BCUT2D eigenvalue weighted by atomic mass is 16.1. The van der Waals surface area contributed by atoms with Crippen molar-refractivity contribution in [2.45, 2.75) is 25.8 Å². The van der Waals surface area contributed by atoms with Gasteiger partial charge in [0.25, 0.3) is 0 Å². The van der Waals surface area contributed by atoms with Gasteiger partial charge in [-0.2, -0.15) is 0 Å². The number of benzene rings is 1. The average molecular weight is 270 g/mol. The van der Waals surface area contributed by atoms with Crippen LogP contribution in [0.5, 0.6) is 0 Å². The Bertz CT molecular complexity index is 571. The number of amides is 1. The largest absolute Gasteiger partial charge is 0.384 e. The van der Waals surface area contributed by atoms with E-state index in [9.17, 15) is 4.79 Å². The van der Waals surface area contributed by atoms with Gasteiger partial charge in [-0.25, -0.2) is 9.97 Å². The van der Waals surface area contributed by atoms with Crippen molar-refractivity contribution in [1.82, 2.24) is 15.3 Å². The molecule has 20 heavy (non-hydrogen) atoms. The van der Waals surface area contributed by atoms with Gasteiger partial charge < -0.3 is 11.1 Å². The quantitative estimate of drug-likeness (QED) is 0.869. The molecule has 0 spiro atoms. The number of hydrogen-bond acceptors (Lipinski definition) is 4. The molecule has 0 saturated heterocycles. The van der Waals surface area contributed by atoms with E-state index in [1.54, 1.807) is 12.3 Å². The van der Waals surface area contributed by atoms with Gasteiger partial charge in [0.2, 0.25) is 5.91 Å². The molecular formula is C15H18N4O. The highest BCUT2D eigenvalue weighted by molar-refractivity contribution is 5.83. The zero-order valence-corrected chi connectivity index (χ0v) is 11.4. The first-order valence-electron chi connectivity index (χ1n) is 6.60. The Morgan fingerprint density at radius 3 is 2.70 bits per heavy atom. The minimum absolute atomic E-state index is 0.0234. The van der Waals surface area contributed by atoms with Gasteiger partial charge >= 0.3 is 0 Å². The molecule has 0 aliphatic rings. The minimum atomic E-state index is -0.155. The predicted molar refractivity (Wildman–Crippen MR) is 77.8 cm³/mol. The first-order valence-corrected chi connectivity index (χ1v) is 6.60. The molecule has 2 aromatic rings. The monoisotopic (exact) mass is 270 g/mol. The smallest absolute Gasteiger partial charge is 0.227 e. The van der Waals surface area contributed by atoms with Crippen LogP contribution >= 0.6 is 0 Å². The lowest BCUT2D eigenvalue weighted by molar-refractivity contribution is -0.122. The van der Waals surface area contributed by atoms with Crippen LogP contribution in [0.1, 0.15) is 30.7 Å². The van der Waals surface area contributed by atoms with E-state index in [4.69, 9.17) is 5.73 Å². The number of rotatable bonds is 5. The number of nitrogen functional groups attached to an aromatic ring is 1. The SMILES string of the molecule is CC[C@H](C(=O)NCc1nccc(N)n1)c1ccccc1. The molecule has 1 amide bonds. The summed E-state index contributed by atoms with van der Waals surface area (Å²) in [4.78, 5) is 20.4. The van der Waals surface area contributed by atoms with Crippen LogP contribution in [0.25, 0.3) is 0 Å². The molecule has 0 aliphatic heterocycles. The fourth-order valence-corrected chi connectivity index (χ4v) is 2.05. The molecule has 5 heteroatoms. The van der Waals surface area contributed by atoms with Gasteiger partial charge in [-0.15, -0.1) is 0 Å². The summed E-state index contributed by atoms with van der Waals surface area (Å²) in [5.74, 6) is 0.739. The summed E-state index contributed by atoms with van der Waals surface area (Å²) in [5.41, 5.74) is 6.59. The highest BCUT2D eigenvalue weighted by Gasteiger charge is 2.18. The average Bonchev–Trinajstić information content (AvgIpc) is 2.47. The van der Waals surface area contributed by atoms with Gasteiger partial charge in [0, 0.05) is 6.20 Å². The molecule has 1 heterocycles. The lowest BCUT2D eigenvalue weighted by Gasteiger charge is -2.15. The van der Waals surface area contributed by atoms with Crippen molar-refractivity contribution < 1.29 is 4.79 Å². The van der Waals surface area contributed by atoms with Crippen LogP contribution < -0.4 is 11.1 Å². The zero-order valence-electron chi connectivity index (χ0n) is 11.4. The van der Waals surface area contributed by atoms with E-state index < -0.39 is 0 Å². The molecule has 5 nitrogen and oxygen atoms in total. The number of aromatic nitrogens is 2. The fraction of sp³-hybridized carbons (Fsp3) is 0.267. The molecular weight excluding hydrogens is 252 g/mol. The van der Waals surface area contributed by atoms with Crippen LogP contribution in [0.4, 0.5) is 5.82 Å². The van der Waals surface area contributed by atoms with Gasteiger partial charge in [0.1, 0.15) is 11.6 Å². The normalized spacial score (nSPS) is 11.8. The summed E-state index contributed by atoms with van der Waals surface area (Å²) in [6.45, 7) is 2.28. The van der Waals surface area contributed by atoms with Crippen molar-refractivity contribution in [1.29, 1.82) is 0 Å². The van der Waals surface area contributed by atoms with Gasteiger partial charge in [-0.3, -0.25) is 4.79 Å². The second-order valence-electron chi connectivity index (χ2n) is 4.49. The molecule has 1 atom stereocenters. The predicted octanol–water partition coefficient (Wildman–Crippen LogP) is 1.87. The molecule has 3 N–H and O–H groups in total. The zero-order chi connectivity index (χ0) is 14.4. The maximum atomic E-state index is 12.2. The van der Waals surface area contributed by atoms with Gasteiger partial charge in [-0.1, -0.05) is 37.3 Å². The molecule has 0 radical (unpaired) electrons. The topological polar surface area (TPSA) is 80.9 Å². The lowest BCUT2D eigenvalue weighted by Crippen LogP contribution is -2.29. The van der Waals surface area contributed by atoms with Gasteiger partial charge in [-0.05, 0) is 18.1 Å². The van der Waals surface area contributed by atoms with E-state index in [0.717, 1.165) is 12.0 Å². The second-order valence-corrected chi connectivity index (χ2v) is 4.49. The van der Waals surface area contributed by atoms with E-state index in [-0.39, 0.29) is 18.4 Å². The Morgan fingerprint density at radius 2 is 2.05 bits per heavy atom. The third kappa shape index (κ3) is 3.54.